The molecule has 0 saturated carbocycles. The topological polar surface area (TPSA) is 47.8 Å². The zero-order valence-electron chi connectivity index (χ0n) is 14.5. The molecule has 4 nitrogen and oxygen atoms in total. The van der Waals surface area contributed by atoms with Crippen molar-refractivity contribution in [2.75, 3.05) is 0 Å². The second-order valence-electron chi connectivity index (χ2n) is 6.28. The zero-order chi connectivity index (χ0) is 16.0. The fourth-order valence-electron chi connectivity index (χ4n) is 2.89. The van der Waals surface area contributed by atoms with E-state index in [1.807, 2.05) is 0 Å². The highest BCUT2D eigenvalue weighted by Crippen LogP contribution is 2.20. The average molecular weight is 307 g/mol. The number of hydrogen-bond acceptors (Lipinski definition) is 3. The van der Waals surface area contributed by atoms with Crippen LogP contribution < -0.4 is 0 Å². The van der Waals surface area contributed by atoms with Crippen molar-refractivity contribution in [3.05, 3.63) is 12.7 Å². The van der Waals surface area contributed by atoms with E-state index in [4.69, 9.17) is 0 Å². The third-order valence-electron chi connectivity index (χ3n) is 4.31. The third kappa shape index (κ3) is 7.71. The predicted octanol–water partition coefficient (Wildman–Crippen LogP) is 5.26. The minimum atomic E-state index is 0.115. The van der Waals surface area contributed by atoms with E-state index in [2.05, 4.69) is 23.9 Å². The number of unbranched alkanes of at least 4 members (excludes halogenated alkanes) is 8. The molecule has 0 amide bonds. The van der Waals surface area contributed by atoms with Crippen molar-refractivity contribution in [1.29, 1.82) is 0 Å². The highest BCUT2D eigenvalue weighted by molar-refractivity contribution is 5.80. The van der Waals surface area contributed by atoms with Crippen molar-refractivity contribution in [3.63, 3.8) is 0 Å². The fraction of sp³-hybridized carbons (Fsp3) is 0.833. The van der Waals surface area contributed by atoms with Crippen molar-refractivity contribution >= 4 is 5.91 Å². The molecule has 1 aromatic heterocycles. The molecule has 0 radical (unpaired) electrons. The van der Waals surface area contributed by atoms with Gasteiger partial charge in [0.1, 0.15) is 12.7 Å². The van der Waals surface area contributed by atoms with Crippen LogP contribution in [0.5, 0.6) is 0 Å². The van der Waals surface area contributed by atoms with Gasteiger partial charge in [-0.2, -0.15) is 9.78 Å². The van der Waals surface area contributed by atoms with Gasteiger partial charge >= 0.3 is 0 Å². The van der Waals surface area contributed by atoms with Crippen LogP contribution in [-0.2, 0) is 0 Å². The Kier molecular flexibility index (Phi) is 10.6. The molecule has 0 bridgehead atoms. The smallest absolute Gasteiger partial charge is 0.251 e. The lowest BCUT2D eigenvalue weighted by Gasteiger charge is -2.15. The number of nitrogens with zero attached hydrogens (tertiary/aromatic N) is 3. The van der Waals surface area contributed by atoms with Crippen molar-refractivity contribution in [3.8, 4) is 0 Å². The predicted molar refractivity (Wildman–Crippen MR) is 90.9 cm³/mol. The Bertz CT molecular complexity index is 376. The van der Waals surface area contributed by atoms with Gasteiger partial charge in [-0.1, -0.05) is 78.1 Å². The summed E-state index contributed by atoms with van der Waals surface area (Å²) >= 11 is 0. The van der Waals surface area contributed by atoms with E-state index in [1.165, 1.54) is 68.7 Å². The summed E-state index contributed by atoms with van der Waals surface area (Å²) in [6.07, 6.45) is 17.5. The van der Waals surface area contributed by atoms with E-state index in [0.717, 1.165) is 25.7 Å². The van der Waals surface area contributed by atoms with E-state index in [1.54, 1.807) is 0 Å². The second kappa shape index (κ2) is 12.4. The first-order valence-corrected chi connectivity index (χ1v) is 9.18. The van der Waals surface area contributed by atoms with Gasteiger partial charge in [0.2, 0.25) is 0 Å². The molecule has 0 aliphatic heterocycles. The molecule has 4 heteroatoms. The first-order chi connectivity index (χ1) is 10.8. The molecule has 1 aromatic rings. The van der Waals surface area contributed by atoms with E-state index in [-0.39, 0.29) is 11.8 Å². The van der Waals surface area contributed by atoms with Gasteiger partial charge in [-0.15, -0.1) is 0 Å². The fourth-order valence-corrected chi connectivity index (χ4v) is 2.89. The molecule has 1 atom stereocenters. The standard InChI is InChI=1S/C18H33N3O/c1-3-5-7-9-10-12-14-17(13-11-8-6-4-2)18(22)21-16-19-15-20-21/h15-17H,3-14H2,1-2H3. The van der Waals surface area contributed by atoms with Crippen molar-refractivity contribution in [2.24, 2.45) is 5.92 Å². The maximum absolute atomic E-state index is 12.5. The third-order valence-corrected chi connectivity index (χ3v) is 4.31. The minimum absolute atomic E-state index is 0.115. The number of carbonyl (C=O) groups excluding carboxylic acids is 1. The molecule has 0 aromatic carbocycles. The molecular weight excluding hydrogens is 274 g/mol. The normalized spacial score (nSPS) is 12.5. The lowest BCUT2D eigenvalue weighted by atomic mass is 9.93. The van der Waals surface area contributed by atoms with E-state index < -0.39 is 0 Å². The van der Waals surface area contributed by atoms with Crippen LogP contribution in [0.3, 0.4) is 0 Å². The molecule has 1 unspecified atom stereocenters. The molecule has 126 valence electrons. The van der Waals surface area contributed by atoms with Gasteiger partial charge in [0.05, 0.1) is 0 Å². The average Bonchev–Trinajstić information content (AvgIpc) is 3.06. The molecular formula is C18H33N3O. The van der Waals surface area contributed by atoms with Crippen LogP contribution in [0.15, 0.2) is 12.7 Å². The Hall–Kier alpha value is -1.19. The van der Waals surface area contributed by atoms with E-state index in [9.17, 15) is 4.79 Å². The first-order valence-electron chi connectivity index (χ1n) is 9.18. The Morgan fingerprint density at radius 1 is 0.909 bits per heavy atom. The van der Waals surface area contributed by atoms with Crippen LogP contribution in [0.25, 0.3) is 0 Å². The number of aromatic nitrogens is 3. The van der Waals surface area contributed by atoms with Gasteiger partial charge in [-0.25, -0.2) is 4.98 Å². The SMILES string of the molecule is CCCCCCCCC(CCCCCC)C(=O)n1cncn1. The van der Waals surface area contributed by atoms with Gasteiger partial charge in [-0.3, -0.25) is 4.79 Å². The van der Waals surface area contributed by atoms with Crippen LogP contribution in [0.2, 0.25) is 0 Å². The van der Waals surface area contributed by atoms with Crippen LogP contribution in [0, 0.1) is 5.92 Å². The number of hydrogen-bond donors (Lipinski definition) is 0. The van der Waals surface area contributed by atoms with E-state index >= 15 is 0 Å². The zero-order valence-corrected chi connectivity index (χ0v) is 14.5. The first kappa shape index (κ1) is 18.9. The van der Waals surface area contributed by atoms with E-state index in [0.29, 0.717) is 0 Å². The highest BCUT2D eigenvalue weighted by Gasteiger charge is 2.19. The molecule has 0 spiro atoms. The van der Waals surface area contributed by atoms with Crippen LogP contribution in [0.1, 0.15) is 95.7 Å². The molecule has 0 N–H and O–H groups in total. The Morgan fingerprint density at radius 3 is 2.00 bits per heavy atom. The molecule has 1 rings (SSSR count). The van der Waals surface area contributed by atoms with Crippen molar-refractivity contribution in [1.82, 2.24) is 14.8 Å². The quantitative estimate of drug-likeness (QED) is 0.467. The monoisotopic (exact) mass is 307 g/mol. The maximum atomic E-state index is 12.5. The number of carbonyl (C=O) groups is 1. The van der Waals surface area contributed by atoms with Gasteiger partial charge < -0.3 is 0 Å². The molecule has 0 aliphatic rings. The van der Waals surface area contributed by atoms with Gasteiger partial charge in [0.25, 0.3) is 5.91 Å². The molecule has 22 heavy (non-hydrogen) atoms. The molecule has 0 saturated heterocycles. The summed E-state index contributed by atoms with van der Waals surface area (Å²) in [6, 6.07) is 0. The Balaban J connectivity index is 2.35. The van der Waals surface area contributed by atoms with Gasteiger partial charge in [0, 0.05) is 5.92 Å². The summed E-state index contributed by atoms with van der Waals surface area (Å²) in [4.78, 5) is 16.4. The van der Waals surface area contributed by atoms with Gasteiger partial charge in [0.15, 0.2) is 0 Å². The van der Waals surface area contributed by atoms with Crippen LogP contribution >= 0.6 is 0 Å². The highest BCUT2D eigenvalue weighted by atomic mass is 16.2. The molecule has 0 fully saturated rings. The lowest BCUT2D eigenvalue weighted by molar-refractivity contribution is 0.0797. The van der Waals surface area contributed by atoms with Crippen LogP contribution in [-0.4, -0.2) is 20.7 Å². The van der Waals surface area contributed by atoms with Crippen molar-refractivity contribution in [2.45, 2.75) is 90.9 Å². The Labute approximate surface area is 135 Å². The molecule has 0 aliphatic carbocycles. The Morgan fingerprint density at radius 2 is 1.45 bits per heavy atom. The minimum Gasteiger partial charge on any atom is -0.272 e. The summed E-state index contributed by atoms with van der Waals surface area (Å²) < 4.78 is 1.42. The summed E-state index contributed by atoms with van der Waals surface area (Å²) in [5.74, 6) is 0.243. The summed E-state index contributed by atoms with van der Waals surface area (Å²) in [5, 5.41) is 4.01. The summed E-state index contributed by atoms with van der Waals surface area (Å²) in [6.45, 7) is 4.46. The second-order valence-corrected chi connectivity index (χ2v) is 6.28. The maximum Gasteiger partial charge on any atom is 0.251 e. The molecule has 1 heterocycles. The number of rotatable bonds is 13. The largest absolute Gasteiger partial charge is 0.272 e. The van der Waals surface area contributed by atoms with Gasteiger partial charge in [-0.05, 0) is 12.8 Å². The summed E-state index contributed by atoms with van der Waals surface area (Å²) in [7, 11) is 0. The summed E-state index contributed by atoms with van der Waals surface area (Å²) in [5.41, 5.74) is 0. The lowest BCUT2D eigenvalue weighted by Crippen LogP contribution is -2.22. The van der Waals surface area contributed by atoms with Crippen LogP contribution in [0.4, 0.5) is 0 Å². The van der Waals surface area contributed by atoms with Crippen molar-refractivity contribution < 1.29 is 4.79 Å².